The summed E-state index contributed by atoms with van der Waals surface area (Å²) in [6.45, 7) is 2.27. The van der Waals surface area contributed by atoms with Crippen molar-refractivity contribution in [3.63, 3.8) is 0 Å². The van der Waals surface area contributed by atoms with E-state index in [-0.39, 0.29) is 5.92 Å². The van der Waals surface area contributed by atoms with Crippen molar-refractivity contribution in [2.75, 3.05) is 0 Å². The van der Waals surface area contributed by atoms with Gasteiger partial charge >= 0.3 is 5.97 Å². The molecule has 4 heteroatoms. The number of nitrogens with one attached hydrogen (secondary N) is 1. The standard InChI is InChI=1S/C26H44O2.C3H4N2/c1-2-3-4-5-6-7-8-9-10-11-12-13-17-22-25(26(27)28)23-18-21-24-19-15-14-16-20-24;1-2-5-3-4-1/h14-16,19-20,25H,2-13,17-18,21-23H2,1H3,(H,27,28);1-3H,(H,4,5). The van der Waals surface area contributed by atoms with E-state index in [1.165, 1.54) is 82.6 Å². The first-order chi connectivity index (χ1) is 16.2. The lowest BCUT2D eigenvalue weighted by Gasteiger charge is -2.12. The van der Waals surface area contributed by atoms with Gasteiger partial charge in [-0.25, -0.2) is 4.98 Å². The Morgan fingerprint density at radius 1 is 0.818 bits per heavy atom. The number of hydrogen-bond donors (Lipinski definition) is 2. The first-order valence-corrected chi connectivity index (χ1v) is 13.4. The second-order valence-electron chi connectivity index (χ2n) is 9.20. The van der Waals surface area contributed by atoms with Gasteiger partial charge in [0.1, 0.15) is 0 Å². The van der Waals surface area contributed by atoms with E-state index in [4.69, 9.17) is 0 Å². The van der Waals surface area contributed by atoms with E-state index in [0.29, 0.717) is 0 Å². The molecule has 4 nitrogen and oxygen atoms in total. The molecule has 2 rings (SSSR count). The third-order valence-electron chi connectivity index (χ3n) is 6.27. The second kappa shape index (κ2) is 21.7. The maximum atomic E-state index is 11.5. The molecule has 0 aliphatic rings. The van der Waals surface area contributed by atoms with E-state index >= 15 is 0 Å². The summed E-state index contributed by atoms with van der Waals surface area (Å²) >= 11 is 0. The number of rotatable bonds is 19. The number of H-pyrrole nitrogens is 1. The fraction of sp³-hybridized carbons (Fsp3) is 0.655. The zero-order valence-electron chi connectivity index (χ0n) is 21.0. The highest BCUT2D eigenvalue weighted by Gasteiger charge is 2.16. The van der Waals surface area contributed by atoms with Crippen molar-refractivity contribution in [3.05, 3.63) is 54.6 Å². The second-order valence-corrected chi connectivity index (χ2v) is 9.20. The fourth-order valence-corrected chi connectivity index (χ4v) is 4.21. The fourth-order valence-electron chi connectivity index (χ4n) is 4.21. The number of benzene rings is 1. The molecular weight excluding hydrogens is 408 g/mol. The summed E-state index contributed by atoms with van der Waals surface area (Å²) in [5.41, 5.74) is 1.31. The SMILES string of the molecule is CCCCCCCCCCCCCCCC(CCCc1ccccc1)C(=O)O.c1c[nH]cn1. The topological polar surface area (TPSA) is 66.0 Å². The summed E-state index contributed by atoms with van der Waals surface area (Å²) in [6.07, 6.45) is 26.1. The Bertz CT molecular complexity index is 626. The molecular formula is C29H48N2O2. The van der Waals surface area contributed by atoms with Gasteiger partial charge in [0.25, 0.3) is 0 Å². The Morgan fingerprint density at radius 3 is 1.82 bits per heavy atom. The highest BCUT2D eigenvalue weighted by molar-refractivity contribution is 5.69. The van der Waals surface area contributed by atoms with E-state index in [0.717, 1.165) is 32.1 Å². The Balaban J connectivity index is 0.000000953. The Kier molecular flexibility index (Phi) is 19.1. The maximum Gasteiger partial charge on any atom is 0.306 e. The van der Waals surface area contributed by atoms with Gasteiger partial charge in [0.15, 0.2) is 0 Å². The molecule has 1 aromatic heterocycles. The number of unbranched alkanes of at least 4 members (excludes halogenated alkanes) is 12. The minimum atomic E-state index is -0.605. The molecule has 0 fully saturated rings. The summed E-state index contributed by atoms with van der Waals surface area (Å²) in [6, 6.07) is 10.4. The van der Waals surface area contributed by atoms with Crippen LogP contribution in [0, 0.1) is 5.92 Å². The van der Waals surface area contributed by atoms with Crippen LogP contribution in [0.4, 0.5) is 0 Å². The van der Waals surface area contributed by atoms with Gasteiger partial charge in [-0.15, -0.1) is 0 Å². The van der Waals surface area contributed by atoms with E-state index in [2.05, 4.69) is 41.2 Å². The average molecular weight is 457 g/mol. The maximum absolute atomic E-state index is 11.5. The molecule has 0 amide bonds. The van der Waals surface area contributed by atoms with Crippen molar-refractivity contribution in [3.8, 4) is 0 Å². The minimum absolute atomic E-state index is 0.156. The largest absolute Gasteiger partial charge is 0.481 e. The molecule has 0 bridgehead atoms. The number of carboxylic acid groups (broad SMARTS) is 1. The molecule has 1 aromatic carbocycles. The zero-order chi connectivity index (χ0) is 23.8. The van der Waals surface area contributed by atoms with Crippen molar-refractivity contribution in [2.45, 2.75) is 116 Å². The van der Waals surface area contributed by atoms with Crippen molar-refractivity contribution >= 4 is 5.97 Å². The summed E-state index contributed by atoms with van der Waals surface area (Å²) in [5.74, 6) is -0.761. The lowest BCUT2D eigenvalue weighted by atomic mass is 9.94. The molecule has 2 N–H and O–H groups in total. The number of aromatic amines is 1. The van der Waals surface area contributed by atoms with Crippen LogP contribution in [-0.2, 0) is 11.2 Å². The number of nitrogens with zero attached hydrogens (tertiary/aromatic N) is 1. The third kappa shape index (κ3) is 18.1. The monoisotopic (exact) mass is 456 g/mol. The van der Waals surface area contributed by atoms with E-state index in [1.807, 2.05) is 6.07 Å². The molecule has 1 unspecified atom stereocenters. The molecule has 0 aliphatic heterocycles. The summed E-state index contributed by atoms with van der Waals surface area (Å²) in [4.78, 5) is 17.9. The molecule has 1 heterocycles. The van der Waals surface area contributed by atoms with Gasteiger partial charge in [-0.05, 0) is 31.2 Å². The quantitative estimate of drug-likeness (QED) is 0.208. The number of aliphatic carboxylic acids is 1. The van der Waals surface area contributed by atoms with Crippen molar-refractivity contribution < 1.29 is 9.90 Å². The number of aromatic nitrogens is 2. The van der Waals surface area contributed by atoms with Crippen LogP contribution in [0.15, 0.2) is 49.1 Å². The van der Waals surface area contributed by atoms with E-state index in [9.17, 15) is 9.90 Å². The van der Waals surface area contributed by atoms with Gasteiger partial charge in [0.05, 0.1) is 12.2 Å². The van der Waals surface area contributed by atoms with Crippen LogP contribution in [0.2, 0.25) is 0 Å². The first-order valence-electron chi connectivity index (χ1n) is 13.4. The van der Waals surface area contributed by atoms with E-state index < -0.39 is 5.97 Å². The van der Waals surface area contributed by atoms with Crippen LogP contribution in [0.1, 0.15) is 115 Å². The normalized spacial score (nSPS) is 11.5. The van der Waals surface area contributed by atoms with Gasteiger partial charge in [0, 0.05) is 12.4 Å². The smallest absolute Gasteiger partial charge is 0.306 e. The number of carbonyl (C=O) groups is 1. The van der Waals surface area contributed by atoms with E-state index in [1.54, 1.807) is 18.7 Å². The number of hydrogen-bond acceptors (Lipinski definition) is 2. The molecule has 0 aliphatic carbocycles. The van der Waals surface area contributed by atoms with Crippen LogP contribution < -0.4 is 0 Å². The first kappa shape index (κ1) is 28.9. The van der Waals surface area contributed by atoms with Crippen molar-refractivity contribution in [1.82, 2.24) is 9.97 Å². The molecule has 186 valence electrons. The zero-order valence-corrected chi connectivity index (χ0v) is 21.0. The molecule has 0 spiro atoms. The lowest BCUT2D eigenvalue weighted by molar-refractivity contribution is -0.142. The van der Waals surface area contributed by atoms with Crippen LogP contribution in [0.5, 0.6) is 0 Å². The Labute approximate surface area is 202 Å². The molecule has 33 heavy (non-hydrogen) atoms. The lowest BCUT2D eigenvalue weighted by Crippen LogP contribution is -2.14. The number of carboxylic acids is 1. The van der Waals surface area contributed by atoms with Crippen molar-refractivity contribution in [1.29, 1.82) is 0 Å². The predicted octanol–water partition coefficient (Wildman–Crippen LogP) is 8.60. The van der Waals surface area contributed by atoms with Crippen LogP contribution in [-0.4, -0.2) is 21.0 Å². The molecule has 2 aromatic rings. The van der Waals surface area contributed by atoms with Crippen molar-refractivity contribution in [2.24, 2.45) is 5.92 Å². The van der Waals surface area contributed by atoms with Gasteiger partial charge in [-0.1, -0.05) is 121 Å². The van der Waals surface area contributed by atoms with Gasteiger partial charge < -0.3 is 10.1 Å². The molecule has 0 saturated heterocycles. The molecule has 0 radical (unpaired) electrons. The summed E-state index contributed by atoms with van der Waals surface area (Å²) in [7, 11) is 0. The Hall–Kier alpha value is -2.10. The van der Waals surface area contributed by atoms with Gasteiger partial charge in [-0.3, -0.25) is 4.79 Å². The minimum Gasteiger partial charge on any atom is -0.481 e. The highest BCUT2D eigenvalue weighted by Crippen LogP contribution is 2.19. The molecule has 1 atom stereocenters. The van der Waals surface area contributed by atoms with Crippen LogP contribution >= 0.6 is 0 Å². The van der Waals surface area contributed by atoms with Gasteiger partial charge in [-0.2, -0.15) is 0 Å². The number of imidazole rings is 1. The predicted molar refractivity (Wildman–Crippen MR) is 139 cm³/mol. The average Bonchev–Trinajstić information content (AvgIpc) is 3.42. The number of aryl methyl sites for hydroxylation is 1. The summed E-state index contributed by atoms with van der Waals surface area (Å²) in [5, 5.41) is 9.46. The highest BCUT2D eigenvalue weighted by atomic mass is 16.4. The summed E-state index contributed by atoms with van der Waals surface area (Å²) < 4.78 is 0. The molecule has 0 saturated carbocycles. The third-order valence-corrected chi connectivity index (χ3v) is 6.27. The Morgan fingerprint density at radius 2 is 1.36 bits per heavy atom. The van der Waals surface area contributed by atoms with Crippen LogP contribution in [0.25, 0.3) is 0 Å². The van der Waals surface area contributed by atoms with Crippen LogP contribution in [0.3, 0.4) is 0 Å². The van der Waals surface area contributed by atoms with Gasteiger partial charge in [0.2, 0.25) is 0 Å².